The van der Waals surface area contributed by atoms with Crippen LogP contribution in [0.4, 0.5) is 4.39 Å². The number of rotatable bonds is 10. The highest BCUT2D eigenvalue weighted by molar-refractivity contribution is 7.89. The van der Waals surface area contributed by atoms with Crippen LogP contribution in [0.3, 0.4) is 0 Å². The molecule has 6 heteroatoms. The molecule has 26 heavy (non-hydrogen) atoms. The molecule has 1 N–H and O–H groups in total. The zero-order valence-electron chi connectivity index (χ0n) is 16.3. The molecule has 1 saturated carbocycles. The fraction of sp³-hybridized carbons (Fsp3) is 0.700. The number of benzene rings is 1. The maximum atomic E-state index is 13.9. The van der Waals surface area contributed by atoms with Crippen molar-refractivity contribution in [3.8, 4) is 5.75 Å². The molecule has 0 radical (unpaired) electrons. The van der Waals surface area contributed by atoms with Crippen LogP contribution in [0, 0.1) is 17.2 Å². The summed E-state index contributed by atoms with van der Waals surface area (Å²) in [7, 11) is -3.37. The summed E-state index contributed by atoms with van der Waals surface area (Å²) in [5.74, 6) is 0.430. The summed E-state index contributed by atoms with van der Waals surface area (Å²) in [6, 6.07) is 4.12. The van der Waals surface area contributed by atoms with Gasteiger partial charge in [0.15, 0.2) is 11.6 Å². The number of sulfonamides is 1. The van der Waals surface area contributed by atoms with Crippen LogP contribution in [0.2, 0.25) is 0 Å². The van der Waals surface area contributed by atoms with Gasteiger partial charge in [-0.1, -0.05) is 33.3 Å². The first kappa shape index (κ1) is 21.2. The Labute approximate surface area is 157 Å². The van der Waals surface area contributed by atoms with Crippen molar-refractivity contribution in [1.29, 1.82) is 0 Å². The van der Waals surface area contributed by atoms with Crippen LogP contribution in [-0.4, -0.2) is 20.8 Å². The molecule has 0 unspecified atom stereocenters. The van der Waals surface area contributed by atoms with Gasteiger partial charge in [-0.3, -0.25) is 0 Å². The van der Waals surface area contributed by atoms with Gasteiger partial charge in [-0.15, -0.1) is 0 Å². The molecule has 148 valence electrons. The molecule has 0 bridgehead atoms. The van der Waals surface area contributed by atoms with Crippen molar-refractivity contribution < 1.29 is 17.5 Å². The van der Waals surface area contributed by atoms with Gasteiger partial charge in [-0.2, -0.15) is 0 Å². The van der Waals surface area contributed by atoms with Crippen LogP contribution in [0.5, 0.6) is 5.75 Å². The molecule has 1 atom stereocenters. The molecule has 1 aromatic rings. The van der Waals surface area contributed by atoms with Crippen molar-refractivity contribution in [1.82, 2.24) is 4.72 Å². The molecule has 0 amide bonds. The minimum atomic E-state index is -3.37. The molecular formula is C20H32FNO3S. The first-order valence-corrected chi connectivity index (χ1v) is 11.1. The topological polar surface area (TPSA) is 55.4 Å². The van der Waals surface area contributed by atoms with E-state index < -0.39 is 21.9 Å². The third kappa shape index (κ3) is 7.62. The number of unbranched alkanes of at least 4 members (excludes halogenated alkanes) is 1. The van der Waals surface area contributed by atoms with Crippen molar-refractivity contribution in [3.63, 3.8) is 0 Å². The SMILES string of the molecule is C[C@@H](NS(=O)(=O)CCCCC(C)(C)C)c1ccc(F)c(OCC2CC2)c1. The first-order chi connectivity index (χ1) is 12.1. The summed E-state index contributed by atoms with van der Waals surface area (Å²) in [6.45, 7) is 8.75. The average Bonchev–Trinajstić information content (AvgIpc) is 3.34. The van der Waals surface area contributed by atoms with Crippen molar-refractivity contribution in [3.05, 3.63) is 29.6 Å². The van der Waals surface area contributed by atoms with Crippen molar-refractivity contribution in [2.75, 3.05) is 12.4 Å². The third-order valence-corrected chi connectivity index (χ3v) is 6.11. The fourth-order valence-electron chi connectivity index (χ4n) is 2.74. The van der Waals surface area contributed by atoms with Crippen LogP contribution >= 0.6 is 0 Å². The standard InChI is InChI=1S/C20H32FNO3S/c1-15(22-26(23,24)12-6-5-11-20(2,3)4)17-9-10-18(21)19(13-17)25-14-16-7-8-16/h9-10,13,15-16,22H,5-8,11-12,14H2,1-4H3/t15-/m1/s1. The normalized spacial score (nSPS) is 16.5. The second-order valence-corrected chi connectivity index (χ2v) is 10.5. The largest absolute Gasteiger partial charge is 0.490 e. The highest BCUT2D eigenvalue weighted by Crippen LogP contribution is 2.31. The smallest absolute Gasteiger partial charge is 0.212 e. The molecule has 4 nitrogen and oxygen atoms in total. The average molecular weight is 386 g/mol. The van der Waals surface area contributed by atoms with E-state index in [2.05, 4.69) is 25.5 Å². The second kappa shape index (κ2) is 8.70. The van der Waals surface area contributed by atoms with Crippen molar-refractivity contribution >= 4 is 10.0 Å². The Morgan fingerprint density at radius 2 is 1.96 bits per heavy atom. The Morgan fingerprint density at radius 3 is 2.58 bits per heavy atom. The van der Waals surface area contributed by atoms with Crippen LogP contribution in [-0.2, 0) is 10.0 Å². The zero-order chi connectivity index (χ0) is 19.4. The van der Waals surface area contributed by atoms with E-state index in [0.29, 0.717) is 24.5 Å². The van der Waals surface area contributed by atoms with E-state index in [-0.39, 0.29) is 16.9 Å². The van der Waals surface area contributed by atoms with Gasteiger partial charge in [-0.05, 0) is 61.6 Å². The number of halogens is 1. The Balaban J connectivity index is 1.88. The van der Waals surface area contributed by atoms with Crippen LogP contribution in [0.15, 0.2) is 18.2 Å². The van der Waals surface area contributed by atoms with Crippen LogP contribution in [0.25, 0.3) is 0 Å². The van der Waals surface area contributed by atoms with Crippen LogP contribution in [0.1, 0.15) is 71.4 Å². The summed E-state index contributed by atoms with van der Waals surface area (Å²) in [5, 5.41) is 0. The molecule has 1 aliphatic carbocycles. The van der Waals surface area contributed by atoms with E-state index >= 15 is 0 Å². The summed E-state index contributed by atoms with van der Waals surface area (Å²) < 4.78 is 46.7. The minimum absolute atomic E-state index is 0.111. The molecular weight excluding hydrogens is 353 g/mol. The van der Waals surface area contributed by atoms with Crippen LogP contribution < -0.4 is 9.46 Å². The van der Waals surface area contributed by atoms with Gasteiger partial charge in [0.05, 0.1) is 12.4 Å². The number of nitrogens with one attached hydrogen (secondary N) is 1. The molecule has 1 aromatic carbocycles. The van der Waals surface area contributed by atoms with Gasteiger partial charge < -0.3 is 4.74 Å². The van der Waals surface area contributed by atoms with E-state index in [0.717, 1.165) is 25.7 Å². The van der Waals surface area contributed by atoms with Gasteiger partial charge in [0.2, 0.25) is 10.0 Å². The second-order valence-electron chi connectivity index (χ2n) is 8.62. The Hall–Kier alpha value is -1.14. The lowest BCUT2D eigenvalue weighted by Gasteiger charge is -2.18. The quantitative estimate of drug-likeness (QED) is 0.588. The highest BCUT2D eigenvalue weighted by atomic mass is 32.2. The van der Waals surface area contributed by atoms with E-state index in [4.69, 9.17) is 4.74 Å². The van der Waals surface area contributed by atoms with Gasteiger partial charge >= 0.3 is 0 Å². The van der Waals surface area contributed by atoms with Gasteiger partial charge in [0.25, 0.3) is 0 Å². The first-order valence-electron chi connectivity index (χ1n) is 9.48. The maximum absolute atomic E-state index is 13.9. The summed E-state index contributed by atoms with van der Waals surface area (Å²) in [4.78, 5) is 0. The van der Waals surface area contributed by atoms with Gasteiger partial charge in [0.1, 0.15) is 0 Å². The molecule has 1 fully saturated rings. The van der Waals surface area contributed by atoms with Crippen molar-refractivity contribution in [2.45, 2.75) is 65.8 Å². The van der Waals surface area contributed by atoms with Gasteiger partial charge in [-0.25, -0.2) is 17.5 Å². The number of hydrogen-bond acceptors (Lipinski definition) is 3. The van der Waals surface area contributed by atoms with E-state index in [1.807, 2.05) is 0 Å². The van der Waals surface area contributed by atoms with E-state index in [1.54, 1.807) is 19.1 Å². The Morgan fingerprint density at radius 1 is 1.27 bits per heavy atom. The van der Waals surface area contributed by atoms with Crippen molar-refractivity contribution in [2.24, 2.45) is 11.3 Å². The fourth-order valence-corrected chi connectivity index (χ4v) is 4.11. The molecule has 0 aromatic heterocycles. The summed E-state index contributed by atoms with van der Waals surface area (Å²) >= 11 is 0. The minimum Gasteiger partial charge on any atom is -0.490 e. The molecule has 2 rings (SSSR count). The summed E-state index contributed by atoms with van der Waals surface area (Å²) in [6.07, 6.45) is 4.78. The van der Waals surface area contributed by atoms with E-state index in [9.17, 15) is 12.8 Å². The molecule has 0 heterocycles. The third-order valence-electron chi connectivity index (χ3n) is 4.57. The lowest BCUT2D eigenvalue weighted by atomic mass is 9.90. The zero-order valence-corrected chi connectivity index (χ0v) is 17.2. The Bertz CT molecular complexity index is 693. The number of hydrogen-bond donors (Lipinski definition) is 1. The Kier molecular flexibility index (Phi) is 7.08. The lowest BCUT2D eigenvalue weighted by Crippen LogP contribution is -2.29. The van der Waals surface area contributed by atoms with Gasteiger partial charge in [0, 0.05) is 6.04 Å². The highest BCUT2D eigenvalue weighted by Gasteiger charge is 2.23. The molecule has 0 spiro atoms. The van der Waals surface area contributed by atoms with E-state index in [1.165, 1.54) is 6.07 Å². The predicted molar refractivity (Wildman–Crippen MR) is 103 cm³/mol. The lowest BCUT2D eigenvalue weighted by molar-refractivity contribution is 0.285. The summed E-state index contributed by atoms with van der Waals surface area (Å²) in [5.41, 5.74) is 0.922. The molecule has 1 aliphatic rings. The molecule has 0 saturated heterocycles. The monoisotopic (exact) mass is 385 g/mol. The number of ether oxygens (including phenoxy) is 1. The maximum Gasteiger partial charge on any atom is 0.212 e. The predicted octanol–water partition coefficient (Wildman–Crippen LogP) is 4.81. The molecule has 0 aliphatic heterocycles.